The van der Waals surface area contributed by atoms with Gasteiger partial charge < -0.3 is 14.8 Å². The molecule has 1 fully saturated rings. The molecule has 1 aliphatic heterocycles. The van der Waals surface area contributed by atoms with E-state index < -0.39 is 10.0 Å². The summed E-state index contributed by atoms with van der Waals surface area (Å²) in [5.41, 5.74) is 2.40. The van der Waals surface area contributed by atoms with Crippen LogP contribution < -0.4 is 19.1 Å². The van der Waals surface area contributed by atoms with Crippen molar-refractivity contribution in [3.8, 4) is 11.5 Å². The molecule has 1 saturated heterocycles. The lowest BCUT2D eigenvalue weighted by Crippen LogP contribution is -2.25. The minimum Gasteiger partial charge on any atom is -0.490 e. The first-order valence-corrected chi connectivity index (χ1v) is 11.3. The first kappa shape index (κ1) is 21.0. The lowest BCUT2D eigenvalue weighted by Gasteiger charge is -2.19. The van der Waals surface area contributed by atoms with Gasteiger partial charge in [0.15, 0.2) is 11.5 Å². The van der Waals surface area contributed by atoms with E-state index in [1.54, 1.807) is 30.3 Å². The predicted octanol–water partition coefficient (Wildman–Crippen LogP) is 3.58. The molecule has 1 aliphatic rings. The second kappa shape index (κ2) is 8.73. The molecule has 0 bridgehead atoms. The number of ether oxygens (including phenoxy) is 2. The smallest absolute Gasteiger partial charge is 0.255 e. The van der Waals surface area contributed by atoms with Crippen LogP contribution in [0.5, 0.6) is 11.5 Å². The SMILES string of the molecule is CCOc1ccc(C(=O)Nc2cc(N3CCCS3(=O)=O)ccc2C)cc1OCC. The summed E-state index contributed by atoms with van der Waals surface area (Å²) in [7, 11) is -3.28. The van der Waals surface area contributed by atoms with Crippen LogP contribution in [0.3, 0.4) is 0 Å². The van der Waals surface area contributed by atoms with Gasteiger partial charge in [-0.15, -0.1) is 0 Å². The molecule has 3 rings (SSSR count). The van der Waals surface area contributed by atoms with Crippen LogP contribution in [0.1, 0.15) is 36.2 Å². The highest BCUT2D eigenvalue weighted by Gasteiger charge is 2.28. The highest BCUT2D eigenvalue weighted by Crippen LogP contribution is 2.31. The van der Waals surface area contributed by atoms with Crippen molar-refractivity contribution in [3.63, 3.8) is 0 Å². The molecule has 2 aromatic carbocycles. The molecule has 8 heteroatoms. The average molecular weight is 419 g/mol. The molecule has 1 N–H and O–H groups in total. The monoisotopic (exact) mass is 418 g/mol. The molecular formula is C21H26N2O5S. The Morgan fingerprint density at radius 3 is 2.45 bits per heavy atom. The molecule has 0 aromatic heterocycles. The second-order valence-electron chi connectivity index (χ2n) is 6.72. The van der Waals surface area contributed by atoms with E-state index in [0.717, 1.165) is 5.56 Å². The van der Waals surface area contributed by atoms with Crippen LogP contribution in [0.15, 0.2) is 36.4 Å². The summed E-state index contributed by atoms with van der Waals surface area (Å²) in [6.07, 6.45) is 0.601. The Bertz CT molecular complexity index is 1000. The standard InChI is InChI=1S/C21H26N2O5S/c1-4-27-19-10-8-16(13-20(19)28-5-2)21(24)22-18-14-17(9-7-15(18)3)23-11-6-12-29(23,25)26/h7-10,13-14H,4-6,11-12H2,1-3H3,(H,22,24). The van der Waals surface area contributed by atoms with Gasteiger partial charge in [-0.1, -0.05) is 6.07 Å². The number of sulfonamides is 1. The summed E-state index contributed by atoms with van der Waals surface area (Å²) in [5, 5.41) is 2.88. The molecule has 2 aromatic rings. The number of carbonyl (C=O) groups excluding carboxylic acids is 1. The van der Waals surface area contributed by atoms with Crippen LogP contribution in [0.4, 0.5) is 11.4 Å². The van der Waals surface area contributed by atoms with Gasteiger partial charge in [0.25, 0.3) is 5.91 Å². The normalized spacial score (nSPS) is 15.2. The van der Waals surface area contributed by atoms with E-state index in [2.05, 4.69) is 5.32 Å². The largest absolute Gasteiger partial charge is 0.490 e. The number of nitrogens with one attached hydrogen (secondary N) is 1. The molecule has 1 heterocycles. The summed E-state index contributed by atoms with van der Waals surface area (Å²) in [6, 6.07) is 10.3. The Kier molecular flexibility index (Phi) is 6.32. The number of aryl methyl sites for hydroxylation is 1. The minimum absolute atomic E-state index is 0.148. The van der Waals surface area contributed by atoms with Crippen LogP contribution in [0.25, 0.3) is 0 Å². The molecule has 0 unspecified atom stereocenters. The fourth-order valence-corrected chi connectivity index (χ4v) is 4.77. The van der Waals surface area contributed by atoms with Gasteiger partial charge in [-0.25, -0.2) is 8.42 Å². The van der Waals surface area contributed by atoms with Crippen molar-refractivity contribution in [1.82, 2.24) is 0 Å². The highest BCUT2D eigenvalue weighted by atomic mass is 32.2. The van der Waals surface area contributed by atoms with Crippen molar-refractivity contribution in [2.75, 3.05) is 35.1 Å². The molecule has 0 radical (unpaired) electrons. The fourth-order valence-electron chi connectivity index (χ4n) is 3.22. The maximum Gasteiger partial charge on any atom is 0.255 e. The van der Waals surface area contributed by atoms with Crippen LogP contribution in [0.2, 0.25) is 0 Å². The number of carbonyl (C=O) groups is 1. The van der Waals surface area contributed by atoms with E-state index in [9.17, 15) is 13.2 Å². The lowest BCUT2D eigenvalue weighted by molar-refractivity contribution is 0.102. The Morgan fingerprint density at radius 1 is 1.07 bits per heavy atom. The number of rotatable bonds is 7. The summed E-state index contributed by atoms with van der Waals surface area (Å²) < 4.78 is 36.9. The quantitative estimate of drug-likeness (QED) is 0.743. The molecule has 0 atom stereocenters. The van der Waals surface area contributed by atoms with E-state index in [-0.39, 0.29) is 11.7 Å². The van der Waals surface area contributed by atoms with Crippen molar-refractivity contribution in [2.45, 2.75) is 27.2 Å². The molecule has 0 saturated carbocycles. The van der Waals surface area contributed by atoms with Gasteiger partial charge >= 0.3 is 0 Å². The van der Waals surface area contributed by atoms with E-state index in [1.807, 2.05) is 26.8 Å². The van der Waals surface area contributed by atoms with Gasteiger partial charge in [0.1, 0.15) is 0 Å². The summed E-state index contributed by atoms with van der Waals surface area (Å²) >= 11 is 0. The van der Waals surface area contributed by atoms with Gasteiger partial charge in [0.05, 0.1) is 24.7 Å². The molecule has 156 valence electrons. The third kappa shape index (κ3) is 4.64. The van der Waals surface area contributed by atoms with E-state index in [1.165, 1.54) is 4.31 Å². The summed E-state index contributed by atoms with van der Waals surface area (Å²) in [6.45, 7) is 7.01. The van der Waals surface area contributed by atoms with Crippen molar-refractivity contribution >= 4 is 27.3 Å². The molecule has 1 amide bonds. The molecular weight excluding hydrogens is 392 g/mol. The Hall–Kier alpha value is -2.74. The minimum atomic E-state index is -3.28. The Balaban J connectivity index is 1.85. The third-order valence-electron chi connectivity index (χ3n) is 4.66. The number of hydrogen-bond acceptors (Lipinski definition) is 5. The van der Waals surface area contributed by atoms with Crippen molar-refractivity contribution in [2.24, 2.45) is 0 Å². The fraction of sp³-hybridized carbons (Fsp3) is 0.381. The first-order valence-electron chi connectivity index (χ1n) is 9.67. The number of hydrogen-bond donors (Lipinski definition) is 1. The topological polar surface area (TPSA) is 84.9 Å². The third-order valence-corrected chi connectivity index (χ3v) is 6.53. The maximum absolute atomic E-state index is 12.8. The predicted molar refractivity (Wildman–Crippen MR) is 114 cm³/mol. The zero-order valence-corrected chi connectivity index (χ0v) is 17.7. The van der Waals surface area contributed by atoms with Crippen LogP contribution in [0, 0.1) is 6.92 Å². The number of nitrogens with zero attached hydrogens (tertiary/aromatic N) is 1. The molecule has 29 heavy (non-hydrogen) atoms. The second-order valence-corrected chi connectivity index (χ2v) is 8.74. The number of benzene rings is 2. The maximum atomic E-state index is 12.8. The Morgan fingerprint density at radius 2 is 1.79 bits per heavy atom. The summed E-state index contributed by atoms with van der Waals surface area (Å²) in [4.78, 5) is 12.8. The first-order chi connectivity index (χ1) is 13.9. The van der Waals surface area contributed by atoms with Gasteiger partial charge in [-0.3, -0.25) is 9.10 Å². The molecule has 7 nitrogen and oxygen atoms in total. The van der Waals surface area contributed by atoms with Crippen molar-refractivity contribution < 1.29 is 22.7 Å². The zero-order chi connectivity index (χ0) is 21.0. The van der Waals surface area contributed by atoms with Gasteiger partial charge in [-0.05, 0) is 63.1 Å². The lowest BCUT2D eigenvalue weighted by atomic mass is 10.1. The van der Waals surface area contributed by atoms with Gasteiger partial charge in [-0.2, -0.15) is 0 Å². The van der Waals surface area contributed by atoms with Crippen LogP contribution in [-0.2, 0) is 10.0 Å². The average Bonchev–Trinajstić information content (AvgIpc) is 3.04. The Labute approximate surface area is 171 Å². The van der Waals surface area contributed by atoms with Crippen molar-refractivity contribution in [3.05, 3.63) is 47.5 Å². The van der Waals surface area contributed by atoms with Crippen LogP contribution in [-0.4, -0.2) is 39.8 Å². The van der Waals surface area contributed by atoms with E-state index >= 15 is 0 Å². The molecule has 0 aliphatic carbocycles. The number of amides is 1. The zero-order valence-electron chi connectivity index (χ0n) is 16.9. The van der Waals surface area contributed by atoms with Gasteiger partial charge in [0.2, 0.25) is 10.0 Å². The number of anilines is 2. The summed E-state index contributed by atoms with van der Waals surface area (Å²) in [5.74, 6) is 0.937. The van der Waals surface area contributed by atoms with E-state index in [0.29, 0.717) is 54.6 Å². The molecule has 0 spiro atoms. The van der Waals surface area contributed by atoms with Gasteiger partial charge in [0, 0.05) is 17.8 Å². The van der Waals surface area contributed by atoms with Crippen molar-refractivity contribution in [1.29, 1.82) is 0 Å². The highest BCUT2D eigenvalue weighted by molar-refractivity contribution is 7.93. The van der Waals surface area contributed by atoms with Crippen LogP contribution >= 0.6 is 0 Å². The van der Waals surface area contributed by atoms with E-state index in [4.69, 9.17) is 9.47 Å².